The Morgan fingerprint density at radius 1 is 1.55 bits per heavy atom. The highest BCUT2D eigenvalue weighted by molar-refractivity contribution is 7.99. The first-order valence-electron chi connectivity index (χ1n) is 6.15. The maximum absolute atomic E-state index is 11.4. The molecule has 0 saturated heterocycles. The van der Waals surface area contributed by atoms with Gasteiger partial charge in [0.25, 0.3) is 0 Å². The van der Waals surface area contributed by atoms with Crippen LogP contribution in [0.15, 0.2) is 34.2 Å². The Labute approximate surface area is 120 Å². The number of nitriles is 1. The second-order valence-corrected chi connectivity index (χ2v) is 4.95. The van der Waals surface area contributed by atoms with Crippen molar-refractivity contribution in [3.8, 4) is 11.8 Å². The third-order valence-electron chi connectivity index (χ3n) is 2.59. The van der Waals surface area contributed by atoms with Gasteiger partial charge >= 0.3 is 5.69 Å². The number of H-pyrrole nitrogens is 1. The third kappa shape index (κ3) is 3.42. The van der Waals surface area contributed by atoms with E-state index in [9.17, 15) is 4.79 Å². The molecule has 0 aliphatic heterocycles. The number of hydrogen-bond donors (Lipinski definition) is 1. The summed E-state index contributed by atoms with van der Waals surface area (Å²) in [7, 11) is 0. The number of rotatable bonds is 6. The Hall–Kier alpha value is -2.20. The normalized spacial score (nSPS) is 10.2. The highest BCUT2D eigenvalue weighted by Gasteiger charge is 2.06. The van der Waals surface area contributed by atoms with Crippen molar-refractivity contribution in [2.45, 2.75) is 18.6 Å². The Kier molecular flexibility index (Phi) is 4.85. The van der Waals surface area contributed by atoms with E-state index in [4.69, 9.17) is 10.00 Å². The summed E-state index contributed by atoms with van der Waals surface area (Å²) in [6, 6.07) is 9.08. The minimum atomic E-state index is -0.197. The molecule has 7 heteroatoms. The Morgan fingerprint density at radius 2 is 2.40 bits per heavy atom. The van der Waals surface area contributed by atoms with E-state index in [-0.39, 0.29) is 5.69 Å². The van der Waals surface area contributed by atoms with E-state index in [0.29, 0.717) is 35.4 Å². The Bertz CT molecular complexity index is 671. The zero-order chi connectivity index (χ0) is 14.4. The van der Waals surface area contributed by atoms with Crippen molar-refractivity contribution in [2.75, 3.05) is 12.4 Å². The molecule has 0 saturated carbocycles. The van der Waals surface area contributed by atoms with Gasteiger partial charge in [0.05, 0.1) is 18.2 Å². The molecule has 0 bridgehead atoms. The topological polar surface area (TPSA) is 83.7 Å². The van der Waals surface area contributed by atoms with Crippen LogP contribution in [0, 0.1) is 11.3 Å². The van der Waals surface area contributed by atoms with Crippen LogP contribution in [0.5, 0.6) is 5.75 Å². The monoisotopic (exact) mass is 290 g/mol. The summed E-state index contributed by atoms with van der Waals surface area (Å²) in [5.41, 5.74) is 0.375. The molecule has 2 aromatic rings. The van der Waals surface area contributed by atoms with Crippen LogP contribution >= 0.6 is 11.8 Å². The summed E-state index contributed by atoms with van der Waals surface area (Å²) in [6.07, 6.45) is 0. The van der Waals surface area contributed by atoms with E-state index in [0.717, 1.165) is 0 Å². The molecule has 0 atom stereocenters. The number of nitrogens with zero attached hydrogens (tertiary/aromatic N) is 3. The van der Waals surface area contributed by atoms with Crippen LogP contribution in [0.2, 0.25) is 0 Å². The van der Waals surface area contributed by atoms with Crippen LogP contribution < -0.4 is 10.4 Å². The molecule has 0 unspecified atom stereocenters. The van der Waals surface area contributed by atoms with Crippen molar-refractivity contribution >= 4 is 11.8 Å². The minimum Gasteiger partial charge on any atom is -0.493 e. The number of aromatic nitrogens is 3. The fourth-order valence-electron chi connectivity index (χ4n) is 1.64. The molecule has 104 valence electrons. The SMILES string of the molecule is CCn1c(SCCOc2cccc(C#N)c2)n[nH]c1=O. The second kappa shape index (κ2) is 6.82. The van der Waals surface area contributed by atoms with E-state index >= 15 is 0 Å². The van der Waals surface area contributed by atoms with Crippen molar-refractivity contribution in [3.63, 3.8) is 0 Å². The van der Waals surface area contributed by atoms with E-state index in [1.165, 1.54) is 11.8 Å². The summed E-state index contributed by atoms with van der Waals surface area (Å²) < 4.78 is 7.12. The average Bonchev–Trinajstić information content (AvgIpc) is 2.84. The molecule has 6 nitrogen and oxygen atoms in total. The summed E-state index contributed by atoms with van der Waals surface area (Å²) in [6.45, 7) is 2.96. The van der Waals surface area contributed by atoms with Crippen LogP contribution in [0.1, 0.15) is 12.5 Å². The third-order valence-corrected chi connectivity index (χ3v) is 3.53. The van der Waals surface area contributed by atoms with Crippen molar-refractivity contribution < 1.29 is 4.74 Å². The van der Waals surface area contributed by atoms with Gasteiger partial charge in [0, 0.05) is 12.3 Å². The van der Waals surface area contributed by atoms with Crippen molar-refractivity contribution in [1.29, 1.82) is 5.26 Å². The van der Waals surface area contributed by atoms with Crippen LogP contribution in [0.3, 0.4) is 0 Å². The van der Waals surface area contributed by atoms with Gasteiger partial charge in [-0.25, -0.2) is 9.89 Å². The predicted octanol–water partition coefficient (Wildman–Crippen LogP) is 1.63. The summed E-state index contributed by atoms with van der Waals surface area (Å²) in [5, 5.41) is 15.8. The van der Waals surface area contributed by atoms with E-state index in [1.54, 1.807) is 22.8 Å². The lowest BCUT2D eigenvalue weighted by Gasteiger charge is -2.06. The molecule has 0 radical (unpaired) electrons. The maximum Gasteiger partial charge on any atom is 0.343 e. The van der Waals surface area contributed by atoms with E-state index in [2.05, 4.69) is 16.3 Å². The lowest BCUT2D eigenvalue weighted by atomic mass is 10.2. The zero-order valence-corrected chi connectivity index (χ0v) is 11.8. The fraction of sp³-hybridized carbons (Fsp3) is 0.308. The number of benzene rings is 1. The van der Waals surface area contributed by atoms with Gasteiger partial charge in [0.15, 0.2) is 5.16 Å². The smallest absolute Gasteiger partial charge is 0.343 e. The number of thioether (sulfide) groups is 1. The second-order valence-electron chi connectivity index (χ2n) is 3.89. The number of aromatic amines is 1. The molecule has 1 aromatic carbocycles. The molecule has 0 spiro atoms. The van der Waals surface area contributed by atoms with E-state index < -0.39 is 0 Å². The molecular weight excluding hydrogens is 276 g/mol. The number of ether oxygens (including phenoxy) is 1. The van der Waals surface area contributed by atoms with Crippen molar-refractivity contribution in [3.05, 3.63) is 40.3 Å². The minimum absolute atomic E-state index is 0.197. The molecule has 1 heterocycles. The fourth-order valence-corrected chi connectivity index (χ4v) is 2.47. The quantitative estimate of drug-likeness (QED) is 0.646. The highest BCUT2D eigenvalue weighted by atomic mass is 32.2. The summed E-state index contributed by atoms with van der Waals surface area (Å²) >= 11 is 1.45. The van der Waals surface area contributed by atoms with Crippen molar-refractivity contribution in [1.82, 2.24) is 14.8 Å². The highest BCUT2D eigenvalue weighted by Crippen LogP contribution is 2.15. The van der Waals surface area contributed by atoms with Gasteiger partial charge in [-0.15, -0.1) is 5.10 Å². The van der Waals surface area contributed by atoms with Gasteiger partial charge in [-0.1, -0.05) is 17.8 Å². The molecule has 1 N–H and O–H groups in total. The average molecular weight is 290 g/mol. The van der Waals surface area contributed by atoms with Crippen LogP contribution in [0.25, 0.3) is 0 Å². The van der Waals surface area contributed by atoms with Crippen LogP contribution in [-0.4, -0.2) is 27.1 Å². The molecule has 0 aliphatic rings. The molecular formula is C13H14N4O2S. The zero-order valence-electron chi connectivity index (χ0n) is 11.0. The van der Waals surface area contributed by atoms with Gasteiger partial charge in [-0.3, -0.25) is 4.57 Å². The van der Waals surface area contributed by atoms with Gasteiger partial charge in [-0.2, -0.15) is 5.26 Å². The Morgan fingerprint density at radius 3 is 3.15 bits per heavy atom. The van der Waals surface area contributed by atoms with Gasteiger partial charge in [0.2, 0.25) is 0 Å². The first kappa shape index (κ1) is 14.2. The first-order valence-corrected chi connectivity index (χ1v) is 7.14. The maximum atomic E-state index is 11.4. The van der Waals surface area contributed by atoms with Crippen molar-refractivity contribution in [2.24, 2.45) is 0 Å². The summed E-state index contributed by atoms with van der Waals surface area (Å²) in [4.78, 5) is 11.4. The predicted molar refractivity (Wildman–Crippen MR) is 75.9 cm³/mol. The van der Waals surface area contributed by atoms with Gasteiger partial charge in [0.1, 0.15) is 5.75 Å². The lowest BCUT2D eigenvalue weighted by molar-refractivity contribution is 0.343. The molecule has 20 heavy (non-hydrogen) atoms. The number of nitrogens with one attached hydrogen (secondary N) is 1. The standard InChI is InChI=1S/C13H14N4O2S/c1-2-17-12(18)15-16-13(17)20-7-6-19-11-5-3-4-10(8-11)9-14/h3-5,8H,2,6-7H2,1H3,(H,15,18). The number of hydrogen-bond acceptors (Lipinski definition) is 5. The van der Waals surface area contributed by atoms with E-state index in [1.807, 2.05) is 13.0 Å². The van der Waals surface area contributed by atoms with Gasteiger partial charge in [-0.05, 0) is 25.1 Å². The molecule has 0 fully saturated rings. The molecule has 2 rings (SSSR count). The molecule has 0 aliphatic carbocycles. The Balaban J connectivity index is 1.84. The van der Waals surface area contributed by atoms with Crippen LogP contribution in [-0.2, 0) is 6.54 Å². The molecule has 1 aromatic heterocycles. The van der Waals surface area contributed by atoms with Gasteiger partial charge < -0.3 is 4.74 Å². The summed E-state index contributed by atoms with van der Waals surface area (Å²) in [5.74, 6) is 1.33. The largest absolute Gasteiger partial charge is 0.493 e. The van der Waals surface area contributed by atoms with Crippen LogP contribution in [0.4, 0.5) is 0 Å². The first-order chi connectivity index (χ1) is 9.74. The lowest BCUT2D eigenvalue weighted by Crippen LogP contribution is -2.16. The molecule has 0 amide bonds.